The molecule has 1 heterocycles. The van der Waals surface area contributed by atoms with Gasteiger partial charge in [0.05, 0.1) is 17.1 Å². The molecule has 1 aliphatic rings. The number of benzene rings is 2. The number of sulfonamides is 1. The molecule has 2 aromatic rings. The van der Waals surface area contributed by atoms with Gasteiger partial charge >= 0.3 is 0 Å². The molecule has 2 unspecified atom stereocenters. The maximum atomic E-state index is 12.7. The fourth-order valence-electron chi connectivity index (χ4n) is 3.56. The van der Waals surface area contributed by atoms with Gasteiger partial charge < -0.3 is 15.0 Å². The first kappa shape index (κ1) is 23.9. The highest BCUT2D eigenvalue weighted by Gasteiger charge is 2.26. The minimum Gasteiger partial charge on any atom is -0.372 e. The molecule has 1 saturated heterocycles. The number of rotatable bonds is 8. The van der Waals surface area contributed by atoms with E-state index in [1.165, 1.54) is 12.1 Å². The Labute approximate surface area is 189 Å². The fraction of sp³-hybridized carbons (Fsp3) is 0.391. The molecule has 1 aliphatic heterocycles. The second kappa shape index (κ2) is 10.7. The van der Waals surface area contributed by atoms with Gasteiger partial charge in [-0.05, 0) is 43.7 Å². The van der Waals surface area contributed by atoms with Gasteiger partial charge in [-0.2, -0.15) is 0 Å². The molecule has 0 aliphatic carbocycles. The third-order valence-electron chi connectivity index (χ3n) is 5.10. The summed E-state index contributed by atoms with van der Waals surface area (Å²) in [5, 5.41) is 2.76. The molecule has 0 aromatic heterocycles. The van der Waals surface area contributed by atoms with Crippen LogP contribution in [0.4, 0.5) is 0 Å². The third-order valence-corrected chi connectivity index (χ3v) is 6.57. The van der Waals surface area contributed by atoms with Crippen molar-refractivity contribution < 1.29 is 22.7 Å². The lowest BCUT2D eigenvalue weighted by Crippen LogP contribution is -2.48. The average molecular weight is 460 g/mol. The Morgan fingerprint density at radius 2 is 1.62 bits per heavy atom. The zero-order valence-corrected chi connectivity index (χ0v) is 19.1. The molecule has 2 N–H and O–H groups in total. The van der Waals surface area contributed by atoms with Crippen LogP contribution in [-0.2, 0) is 26.1 Å². The molecule has 0 spiro atoms. The summed E-state index contributed by atoms with van der Waals surface area (Å²) in [6, 6.07) is 15.1. The van der Waals surface area contributed by atoms with Crippen LogP contribution in [0.3, 0.4) is 0 Å². The molecular formula is C23H29N3O5S. The predicted octanol–water partition coefficient (Wildman–Crippen LogP) is 1.92. The van der Waals surface area contributed by atoms with Crippen molar-refractivity contribution in [3.8, 4) is 0 Å². The van der Waals surface area contributed by atoms with E-state index in [4.69, 9.17) is 4.74 Å². The van der Waals surface area contributed by atoms with Crippen LogP contribution in [0.25, 0.3) is 0 Å². The van der Waals surface area contributed by atoms with Gasteiger partial charge in [-0.1, -0.05) is 30.3 Å². The van der Waals surface area contributed by atoms with Gasteiger partial charge in [0.15, 0.2) is 0 Å². The highest BCUT2D eigenvalue weighted by molar-refractivity contribution is 7.89. The van der Waals surface area contributed by atoms with Crippen molar-refractivity contribution >= 4 is 21.8 Å². The normalized spacial score (nSPS) is 18.9. The average Bonchev–Trinajstić information content (AvgIpc) is 2.77. The standard InChI is InChI=1S/C23H29N3O5S/c1-17-15-26(16-18(2)31-17)23(28)20-10-8-19(9-11-20)14-24-22(27)12-13-25-32(29,30)21-6-4-3-5-7-21/h3-11,17-18,25H,12-16H2,1-2H3,(H,24,27). The summed E-state index contributed by atoms with van der Waals surface area (Å²) in [6.45, 7) is 5.34. The van der Waals surface area contributed by atoms with E-state index in [1.807, 2.05) is 13.8 Å². The van der Waals surface area contributed by atoms with Crippen LogP contribution in [0.5, 0.6) is 0 Å². The van der Waals surface area contributed by atoms with Crippen molar-refractivity contribution in [2.45, 2.75) is 43.9 Å². The number of ether oxygens (including phenoxy) is 1. The Hall–Kier alpha value is -2.75. The largest absolute Gasteiger partial charge is 0.372 e. The highest BCUT2D eigenvalue weighted by atomic mass is 32.2. The Balaban J connectivity index is 1.44. The number of hydrogen-bond donors (Lipinski definition) is 2. The number of nitrogens with one attached hydrogen (secondary N) is 2. The van der Waals surface area contributed by atoms with Crippen LogP contribution in [0.1, 0.15) is 36.2 Å². The first-order chi connectivity index (χ1) is 15.2. The summed E-state index contributed by atoms with van der Waals surface area (Å²) < 4.78 is 32.4. The molecule has 172 valence electrons. The summed E-state index contributed by atoms with van der Waals surface area (Å²) in [4.78, 5) is 26.7. The number of amides is 2. The van der Waals surface area contributed by atoms with Crippen molar-refractivity contribution in [3.63, 3.8) is 0 Å². The molecule has 0 saturated carbocycles. The molecule has 2 atom stereocenters. The molecule has 32 heavy (non-hydrogen) atoms. The smallest absolute Gasteiger partial charge is 0.254 e. The monoisotopic (exact) mass is 459 g/mol. The van der Waals surface area contributed by atoms with Gasteiger partial charge in [0.25, 0.3) is 5.91 Å². The van der Waals surface area contributed by atoms with Crippen LogP contribution in [0.2, 0.25) is 0 Å². The van der Waals surface area contributed by atoms with Crippen LogP contribution in [0.15, 0.2) is 59.5 Å². The maximum absolute atomic E-state index is 12.7. The van der Waals surface area contributed by atoms with E-state index >= 15 is 0 Å². The second-order valence-electron chi connectivity index (χ2n) is 7.90. The van der Waals surface area contributed by atoms with E-state index in [0.29, 0.717) is 25.2 Å². The van der Waals surface area contributed by atoms with E-state index in [2.05, 4.69) is 10.0 Å². The van der Waals surface area contributed by atoms with Crippen LogP contribution in [0, 0.1) is 0 Å². The number of morpholine rings is 1. The molecule has 0 radical (unpaired) electrons. The predicted molar refractivity (Wildman–Crippen MR) is 120 cm³/mol. The van der Waals surface area contributed by atoms with E-state index in [9.17, 15) is 18.0 Å². The lowest BCUT2D eigenvalue weighted by atomic mass is 10.1. The minimum absolute atomic E-state index is 0.00684. The minimum atomic E-state index is -3.63. The Morgan fingerprint density at radius 3 is 2.25 bits per heavy atom. The first-order valence-electron chi connectivity index (χ1n) is 10.6. The van der Waals surface area contributed by atoms with Crippen LogP contribution >= 0.6 is 0 Å². The molecular weight excluding hydrogens is 430 g/mol. The van der Waals surface area contributed by atoms with Gasteiger partial charge in [0.1, 0.15) is 0 Å². The van der Waals surface area contributed by atoms with Crippen molar-refractivity contribution in [3.05, 3.63) is 65.7 Å². The lowest BCUT2D eigenvalue weighted by molar-refractivity contribution is -0.121. The number of nitrogens with zero attached hydrogens (tertiary/aromatic N) is 1. The summed E-state index contributed by atoms with van der Waals surface area (Å²) in [5.74, 6) is -0.300. The number of carbonyl (C=O) groups excluding carboxylic acids is 2. The zero-order chi connectivity index (χ0) is 23.1. The SMILES string of the molecule is CC1CN(C(=O)c2ccc(CNC(=O)CCNS(=O)(=O)c3ccccc3)cc2)CC(C)O1. The second-order valence-corrected chi connectivity index (χ2v) is 9.67. The highest BCUT2D eigenvalue weighted by Crippen LogP contribution is 2.15. The van der Waals surface area contributed by atoms with E-state index in [-0.39, 0.29) is 41.9 Å². The van der Waals surface area contributed by atoms with Crippen molar-refractivity contribution in [2.24, 2.45) is 0 Å². The summed E-state index contributed by atoms with van der Waals surface area (Å²) in [6.07, 6.45) is 0.0412. The molecule has 9 heteroatoms. The zero-order valence-electron chi connectivity index (χ0n) is 18.3. The molecule has 2 aromatic carbocycles. The van der Waals surface area contributed by atoms with E-state index in [0.717, 1.165) is 5.56 Å². The molecule has 1 fully saturated rings. The Kier molecular flexibility index (Phi) is 8.00. The molecule has 3 rings (SSSR count). The number of carbonyl (C=O) groups is 2. The lowest BCUT2D eigenvalue weighted by Gasteiger charge is -2.35. The van der Waals surface area contributed by atoms with Crippen molar-refractivity contribution in [1.29, 1.82) is 0 Å². The van der Waals surface area contributed by atoms with E-state index in [1.54, 1.807) is 47.4 Å². The molecule has 2 amide bonds. The van der Waals surface area contributed by atoms with Crippen LogP contribution < -0.4 is 10.0 Å². The van der Waals surface area contributed by atoms with Crippen LogP contribution in [-0.4, -0.2) is 57.0 Å². The maximum Gasteiger partial charge on any atom is 0.254 e. The number of hydrogen-bond acceptors (Lipinski definition) is 5. The third kappa shape index (κ3) is 6.62. The fourth-order valence-corrected chi connectivity index (χ4v) is 4.62. The van der Waals surface area contributed by atoms with Gasteiger partial charge in [-0.15, -0.1) is 0 Å². The van der Waals surface area contributed by atoms with Crippen molar-refractivity contribution in [2.75, 3.05) is 19.6 Å². The van der Waals surface area contributed by atoms with Gasteiger partial charge in [-0.3, -0.25) is 9.59 Å². The summed E-state index contributed by atoms with van der Waals surface area (Å²) >= 11 is 0. The van der Waals surface area contributed by atoms with E-state index < -0.39 is 10.0 Å². The topological polar surface area (TPSA) is 105 Å². The quantitative estimate of drug-likeness (QED) is 0.628. The molecule has 0 bridgehead atoms. The molecule has 8 nitrogen and oxygen atoms in total. The van der Waals surface area contributed by atoms with Crippen molar-refractivity contribution in [1.82, 2.24) is 14.9 Å². The first-order valence-corrected chi connectivity index (χ1v) is 12.1. The summed E-state index contributed by atoms with van der Waals surface area (Å²) in [7, 11) is -3.63. The summed E-state index contributed by atoms with van der Waals surface area (Å²) in [5.41, 5.74) is 1.44. The van der Waals surface area contributed by atoms with Gasteiger partial charge in [0, 0.05) is 38.2 Å². The van der Waals surface area contributed by atoms with Gasteiger partial charge in [-0.25, -0.2) is 13.1 Å². The Bertz CT molecular complexity index is 1020. The van der Waals surface area contributed by atoms with Gasteiger partial charge in [0.2, 0.25) is 15.9 Å². The Morgan fingerprint density at radius 1 is 1.00 bits per heavy atom.